The molecule has 1 saturated carbocycles. The molecule has 0 aliphatic heterocycles. The van der Waals surface area contributed by atoms with Gasteiger partial charge in [0.15, 0.2) is 5.96 Å². The zero-order valence-electron chi connectivity index (χ0n) is 14.3. The number of aliphatic imine (C=N–C) groups is 1. The maximum Gasteiger partial charge on any atom is 0.221 e. The van der Waals surface area contributed by atoms with Gasteiger partial charge < -0.3 is 16.0 Å². The molecule has 1 aliphatic rings. The largest absolute Gasteiger partial charge is 0.356 e. The van der Waals surface area contributed by atoms with Gasteiger partial charge >= 0.3 is 0 Å². The van der Waals surface area contributed by atoms with Gasteiger partial charge in [-0.05, 0) is 18.9 Å². The molecule has 1 aliphatic carbocycles. The predicted molar refractivity (Wildman–Crippen MR) is 94.2 cm³/mol. The van der Waals surface area contributed by atoms with Gasteiger partial charge in [0, 0.05) is 38.2 Å². The minimum absolute atomic E-state index is 0.0685. The highest BCUT2D eigenvalue weighted by Gasteiger charge is 2.15. The van der Waals surface area contributed by atoms with Crippen LogP contribution >= 0.6 is 0 Å². The summed E-state index contributed by atoms with van der Waals surface area (Å²) < 4.78 is 13.6. The van der Waals surface area contributed by atoms with Crippen LogP contribution in [0.15, 0.2) is 29.3 Å². The third-order valence-corrected chi connectivity index (χ3v) is 4.24. The first kappa shape index (κ1) is 18.2. The fourth-order valence-electron chi connectivity index (χ4n) is 2.88. The molecule has 0 saturated heterocycles. The monoisotopic (exact) mass is 334 g/mol. The minimum atomic E-state index is -0.243. The molecule has 1 fully saturated rings. The van der Waals surface area contributed by atoms with Crippen LogP contribution in [0.4, 0.5) is 4.39 Å². The Morgan fingerprint density at radius 1 is 1.21 bits per heavy atom. The number of nitrogens with one attached hydrogen (secondary N) is 3. The molecule has 132 valence electrons. The summed E-state index contributed by atoms with van der Waals surface area (Å²) in [7, 11) is 1.65. The number of nitrogens with zero attached hydrogens (tertiary/aromatic N) is 1. The minimum Gasteiger partial charge on any atom is -0.356 e. The molecule has 0 unspecified atom stereocenters. The van der Waals surface area contributed by atoms with Crippen LogP contribution < -0.4 is 16.0 Å². The highest BCUT2D eigenvalue weighted by Crippen LogP contribution is 2.17. The topological polar surface area (TPSA) is 65.5 Å². The summed E-state index contributed by atoms with van der Waals surface area (Å²) in [5, 5.41) is 9.22. The number of benzene rings is 1. The van der Waals surface area contributed by atoms with Gasteiger partial charge in [0.2, 0.25) is 5.91 Å². The third-order valence-electron chi connectivity index (χ3n) is 4.24. The second-order valence-electron chi connectivity index (χ2n) is 6.10. The molecule has 0 aromatic heterocycles. The number of carbonyl (C=O) groups excluding carboxylic acids is 1. The SMILES string of the molecule is CN=C(NCCC(=O)NC1CCCCC1)NCc1ccccc1F. The lowest BCUT2D eigenvalue weighted by atomic mass is 9.95. The molecule has 1 amide bonds. The Hall–Kier alpha value is -2.11. The Bertz CT molecular complexity index is 556. The molecule has 5 nitrogen and oxygen atoms in total. The number of carbonyl (C=O) groups is 1. The lowest BCUT2D eigenvalue weighted by molar-refractivity contribution is -0.121. The molecule has 24 heavy (non-hydrogen) atoms. The smallest absolute Gasteiger partial charge is 0.221 e. The summed E-state index contributed by atoms with van der Waals surface area (Å²) in [6, 6.07) is 6.96. The first-order valence-corrected chi connectivity index (χ1v) is 8.66. The number of guanidine groups is 1. The van der Waals surface area contributed by atoms with Crippen LogP contribution in [-0.2, 0) is 11.3 Å². The van der Waals surface area contributed by atoms with Gasteiger partial charge in [-0.1, -0.05) is 37.5 Å². The van der Waals surface area contributed by atoms with E-state index in [2.05, 4.69) is 20.9 Å². The molecule has 6 heteroatoms. The Labute approximate surface area is 143 Å². The number of hydrogen-bond donors (Lipinski definition) is 3. The van der Waals surface area contributed by atoms with Gasteiger partial charge in [0.25, 0.3) is 0 Å². The first-order chi connectivity index (χ1) is 11.7. The van der Waals surface area contributed by atoms with E-state index >= 15 is 0 Å². The third kappa shape index (κ3) is 6.18. The van der Waals surface area contributed by atoms with Gasteiger partial charge in [-0.25, -0.2) is 4.39 Å². The van der Waals surface area contributed by atoms with E-state index in [1.807, 2.05) is 0 Å². The Morgan fingerprint density at radius 3 is 2.67 bits per heavy atom. The van der Waals surface area contributed by atoms with Crippen molar-refractivity contribution in [1.29, 1.82) is 0 Å². The molecule has 0 bridgehead atoms. The van der Waals surface area contributed by atoms with Gasteiger partial charge in [-0.2, -0.15) is 0 Å². The van der Waals surface area contributed by atoms with Crippen LogP contribution in [0.5, 0.6) is 0 Å². The summed E-state index contributed by atoms with van der Waals surface area (Å²) in [6.45, 7) is 0.843. The average Bonchev–Trinajstić information content (AvgIpc) is 2.60. The van der Waals surface area contributed by atoms with Gasteiger partial charge in [-0.3, -0.25) is 9.79 Å². The molecule has 3 N–H and O–H groups in total. The van der Waals surface area contributed by atoms with E-state index in [0.717, 1.165) is 12.8 Å². The lowest BCUT2D eigenvalue weighted by Crippen LogP contribution is -2.41. The van der Waals surface area contributed by atoms with E-state index in [4.69, 9.17) is 0 Å². The van der Waals surface area contributed by atoms with E-state index in [1.165, 1.54) is 25.3 Å². The number of amides is 1. The predicted octanol–water partition coefficient (Wildman–Crippen LogP) is 2.33. The number of rotatable bonds is 6. The van der Waals surface area contributed by atoms with E-state index in [9.17, 15) is 9.18 Å². The van der Waals surface area contributed by atoms with Crippen molar-refractivity contribution in [3.05, 3.63) is 35.6 Å². The van der Waals surface area contributed by atoms with E-state index in [1.54, 1.807) is 25.2 Å². The van der Waals surface area contributed by atoms with Crippen molar-refractivity contribution >= 4 is 11.9 Å². The Kier molecular flexibility index (Phi) is 7.52. The van der Waals surface area contributed by atoms with Crippen molar-refractivity contribution in [2.24, 2.45) is 4.99 Å². The zero-order valence-corrected chi connectivity index (χ0v) is 14.3. The molecular formula is C18H27FN4O. The van der Waals surface area contributed by atoms with Crippen molar-refractivity contribution in [3.63, 3.8) is 0 Å². The lowest BCUT2D eigenvalue weighted by Gasteiger charge is -2.22. The van der Waals surface area contributed by atoms with Crippen LogP contribution in [0.1, 0.15) is 44.1 Å². The summed E-state index contributed by atoms with van der Waals surface area (Å²) in [4.78, 5) is 16.0. The quantitative estimate of drug-likeness (QED) is 0.553. The van der Waals surface area contributed by atoms with Crippen LogP contribution in [-0.4, -0.2) is 31.5 Å². The summed E-state index contributed by atoms with van der Waals surface area (Å²) in [6.07, 6.45) is 6.26. The van der Waals surface area contributed by atoms with Crippen molar-refractivity contribution in [1.82, 2.24) is 16.0 Å². The van der Waals surface area contributed by atoms with Crippen LogP contribution in [0.2, 0.25) is 0 Å². The van der Waals surface area contributed by atoms with Crippen LogP contribution in [0, 0.1) is 5.82 Å². The maximum absolute atomic E-state index is 13.6. The van der Waals surface area contributed by atoms with Crippen LogP contribution in [0.3, 0.4) is 0 Å². The highest BCUT2D eigenvalue weighted by molar-refractivity contribution is 5.81. The van der Waals surface area contributed by atoms with E-state index < -0.39 is 0 Å². The van der Waals surface area contributed by atoms with Crippen LogP contribution in [0.25, 0.3) is 0 Å². The molecule has 1 aromatic rings. The Morgan fingerprint density at radius 2 is 1.96 bits per heavy atom. The summed E-state index contributed by atoms with van der Waals surface area (Å²) in [5.74, 6) is 0.384. The second kappa shape index (κ2) is 9.90. The highest BCUT2D eigenvalue weighted by atomic mass is 19.1. The molecule has 0 heterocycles. The fourth-order valence-corrected chi connectivity index (χ4v) is 2.88. The first-order valence-electron chi connectivity index (χ1n) is 8.66. The molecule has 0 atom stereocenters. The van der Waals surface area contributed by atoms with E-state index in [-0.39, 0.29) is 11.7 Å². The van der Waals surface area contributed by atoms with Gasteiger partial charge in [0.05, 0.1) is 0 Å². The summed E-state index contributed by atoms with van der Waals surface area (Å²) >= 11 is 0. The zero-order chi connectivity index (χ0) is 17.2. The van der Waals surface area contributed by atoms with Gasteiger partial charge in [0.1, 0.15) is 5.82 Å². The molecule has 0 spiro atoms. The molecular weight excluding hydrogens is 307 g/mol. The van der Waals surface area contributed by atoms with Crippen molar-refractivity contribution in [2.75, 3.05) is 13.6 Å². The fraction of sp³-hybridized carbons (Fsp3) is 0.556. The van der Waals surface area contributed by atoms with Gasteiger partial charge in [-0.15, -0.1) is 0 Å². The normalized spacial score (nSPS) is 15.8. The van der Waals surface area contributed by atoms with Crippen molar-refractivity contribution in [2.45, 2.75) is 51.1 Å². The summed E-state index contributed by atoms with van der Waals surface area (Å²) in [5.41, 5.74) is 0.579. The number of hydrogen-bond acceptors (Lipinski definition) is 2. The number of halogens is 1. The average molecular weight is 334 g/mol. The van der Waals surface area contributed by atoms with Crippen molar-refractivity contribution in [3.8, 4) is 0 Å². The Balaban J connectivity index is 1.66. The van der Waals surface area contributed by atoms with E-state index in [0.29, 0.717) is 37.1 Å². The molecule has 2 rings (SSSR count). The molecule has 0 radical (unpaired) electrons. The molecule has 1 aromatic carbocycles. The standard InChI is InChI=1S/C18H27FN4O/c1-20-18(22-13-14-7-5-6-10-16(14)19)21-12-11-17(24)23-15-8-3-2-4-9-15/h5-7,10,15H,2-4,8-9,11-13H2,1H3,(H,23,24)(H2,20,21,22). The second-order valence-corrected chi connectivity index (χ2v) is 6.10. The maximum atomic E-state index is 13.6. The van der Waals surface area contributed by atoms with Crippen molar-refractivity contribution < 1.29 is 9.18 Å².